The number of hydrogen-bond acceptors (Lipinski definition) is 4. The normalized spacial score (nSPS) is 22.5. The first-order valence-corrected chi connectivity index (χ1v) is 12.1. The van der Waals surface area contributed by atoms with E-state index in [9.17, 15) is 13.2 Å². The van der Waals surface area contributed by atoms with E-state index in [0.29, 0.717) is 31.1 Å². The third-order valence-electron chi connectivity index (χ3n) is 6.37. The molecule has 8 heteroatoms. The number of hydrogen-bond donors (Lipinski definition) is 2. The molecule has 2 aromatic rings. The molecular formula is C22H30N4O3S. The van der Waals surface area contributed by atoms with E-state index in [-0.39, 0.29) is 11.8 Å². The van der Waals surface area contributed by atoms with Crippen LogP contribution in [0.1, 0.15) is 41.1 Å². The van der Waals surface area contributed by atoms with Gasteiger partial charge >= 0.3 is 0 Å². The minimum absolute atomic E-state index is 0.0163. The van der Waals surface area contributed by atoms with Crippen LogP contribution in [0.5, 0.6) is 0 Å². The zero-order valence-corrected chi connectivity index (χ0v) is 18.2. The van der Waals surface area contributed by atoms with Crippen molar-refractivity contribution in [2.45, 2.75) is 25.2 Å². The third kappa shape index (κ3) is 4.31. The van der Waals surface area contributed by atoms with E-state index in [1.165, 1.54) is 18.4 Å². The second-order valence-corrected chi connectivity index (χ2v) is 10.1. The van der Waals surface area contributed by atoms with Gasteiger partial charge in [-0.1, -0.05) is 6.58 Å². The van der Waals surface area contributed by atoms with Crippen LogP contribution in [-0.4, -0.2) is 56.5 Å². The molecule has 0 bridgehead atoms. The van der Waals surface area contributed by atoms with Crippen molar-refractivity contribution >= 4 is 26.8 Å². The van der Waals surface area contributed by atoms with Gasteiger partial charge in [-0.3, -0.25) is 4.79 Å². The fourth-order valence-electron chi connectivity index (χ4n) is 4.66. The average molecular weight is 431 g/mol. The SMILES string of the molecule is C=CS(=O)(=O)NC[C@H]1CCN(C(=O)c2ccc3c(c2)c(C2CCCNC2)cn3C)C1. The maximum Gasteiger partial charge on any atom is 0.253 e. The second-order valence-electron chi connectivity index (χ2n) is 8.44. The number of aryl methyl sites for hydroxylation is 1. The molecule has 162 valence electrons. The zero-order valence-electron chi connectivity index (χ0n) is 17.4. The molecule has 0 spiro atoms. The van der Waals surface area contributed by atoms with Crippen molar-refractivity contribution in [2.24, 2.45) is 13.0 Å². The predicted molar refractivity (Wildman–Crippen MR) is 119 cm³/mol. The summed E-state index contributed by atoms with van der Waals surface area (Å²) >= 11 is 0. The lowest BCUT2D eigenvalue weighted by atomic mass is 9.91. The summed E-state index contributed by atoms with van der Waals surface area (Å²) in [5, 5.41) is 5.56. The van der Waals surface area contributed by atoms with Crippen LogP contribution in [0.15, 0.2) is 36.4 Å². The van der Waals surface area contributed by atoms with Crippen molar-refractivity contribution in [3.05, 3.63) is 47.5 Å². The molecule has 2 fully saturated rings. The lowest BCUT2D eigenvalue weighted by Crippen LogP contribution is -2.32. The van der Waals surface area contributed by atoms with Crippen molar-refractivity contribution in [3.8, 4) is 0 Å². The van der Waals surface area contributed by atoms with Gasteiger partial charge in [-0.15, -0.1) is 0 Å². The molecule has 4 rings (SSSR count). The molecule has 7 nitrogen and oxygen atoms in total. The number of benzene rings is 1. The molecule has 2 atom stereocenters. The Balaban J connectivity index is 1.50. The molecule has 2 saturated heterocycles. The van der Waals surface area contributed by atoms with Crippen molar-refractivity contribution in [1.29, 1.82) is 0 Å². The molecule has 0 radical (unpaired) electrons. The molecular weight excluding hydrogens is 400 g/mol. The Morgan fingerprint density at radius 1 is 1.37 bits per heavy atom. The van der Waals surface area contributed by atoms with Crippen molar-refractivity contribution < 1.29 is 13.2 Å². The van der Waals surface area contributed by atoms with Gasteiger partial charge in [-0.2, -0.15) is 0 Å². The van der Waals surface area contributed by atoms with Gasteiger partial charge in [-0.05, 0) is 61.4 Å². The van der Waals surface area contributed by atoms with E-state index in [1.807, 2.05) is 23.1 Å². The van der Waals surface area contributed by atoms with Crippen LogP contribution in [0.3, 0.4) is 0 Å². The van der Waals surface area contributed by atoms with E-state index < -0.39 is 10.0 Å². The fourth-order valence-corrected chi connectivity index (χ4v) is 5.24. The summed E-state index contributed by atoms with van der Waals surface area (Å²) in [6, 6.07) is 5.98. The molecule has 1 unspecified atom stereocenters. The molecule has 3 heterocycles. The summed E-state index contributed by atoms with van der Waals surface area (Å²) in [5.41, 5.74) is 3.16. The number of sulfonamides is 1. The van der Waals surface area contributed by atoms with Gasteiger partial charge in [0.1, 0.15) is 0 Å². The summed E-state index contributed by atoms with van der Waals surface area (Å²) in [6.45, 7) is 6.89. The van der Waals surface area contributed by atoms with Crippen molar-refractivity contribution in [2.75, 3.05) is 32.7 Å². The Morgan fingerprint density at radius 2 is 2.20 bits per heavy atom. The highest BCUT2D eigenvalue weighted by molar-refractivity contribution is 7.92. The van der Waals surface area contributed by atoms with Gasteiger partial charge in [-0.25, -0.2) is 13.1 Å². The van der Waals surface area contributed by atoms with Crippen LogP contribution in [-0.2, 0) is 17.1 Å². The van der Waals surface area contributed by atoms with E-state index in [1.54, 1.807) is 0 Å². The Labute approximate surface area is 178 Å². The topological polar surface area (TPSA) is 83.4 Å². The Morgan fingerprint density at radius 3 is 2.93 bits per heavy atom. The van der Waals surface area contributed by atoms with Crippen LogP contribution in [0.25, 0.3) is 10.9 Å². The van der Waals surface area contributed by atoms with E-state index >= 15 is 0 Å². The highest BCUT2D eigenvalue weighted by Gasteiger charge is 2.28. The standard InChI is InChI=1S/C22H30N4O3S/c1-3-30(28,29)24-12-16-8-10-26(14-16)22(27)17-6-7-21-19(11-17)20(15-25(21)2)18-5-4-9-23-13-18/h3,6-7,11,15-16,18,23-24H,1,4-5,8-10,12-14H2,2H3/t16-,18?/m1/s1. The molecule has 2 N–H and O–H groups in total. The lowest BCUT2D eigenvalue weighted by molar-refractivity contribution is 0.0787. The summed E-state index contributed by atoms with van der Waals surface area (Å²) in [5.74, 6) is 0.609. The molecule has 2 aliphatic heterocycles. The molecule has 30 heavy (non-hydrogen) atoms. The van der Waals surface area contributed by atoms with Gasteiger partial charge in [0.05, 0.1) is 0 Å². The van der Waals surface area contributed by atoms with Crippen molar-refractivity contribution in [1.82, 2.24) is 19.5 Å². The third-order valence-corrected chi connectivity index (χ3v) is 7.38. The summed E-state index contributed by atoms with van der Waals surface area (Å²) < 4.78 is 27.8. The van der Waals surface area contributed by atoms with Crippen LogP contribution in [0.4, 0.5) is 0 Å². The van der Waals surface area contributed by atoms with Gasteiger partial charge in [0.15, 0.2) is 0 Å². The first-order valence-electron chi connectivity index (χ1n) is 10.6. The van der Waals surface area contributed by atoms with Crippen molar-refractivity contribution in [3.63, 3.8) is 0 Å². The van der Waals surface area contributed by atoms with Gasteiger partial charge < -0.3 is 14.8 Å². The number of aromatic nitrogens is 1. The number of carbonyl (C=O) groups is 1. The highest BCUT2D eigenvalue weighted by atomic mass is 32.2. The predicted octanol–water partition coefficient (Wildman–Crippen LogP) is 2.17. The molecule has 1 aromatic carbocycles. The minimum atomic E-state index is -3.43. The molecule has 0 saturated carbocycles. The lowest BCUT2D eigenvalue weighted by Gasteiger charge is -2.22. The number of nitrogens with zero attached hydrogens (tertiary/aromatic N) is 2. The number of piperidine rings is 1. The number of amides is 1. The molecule has 2 aliphatic rings. The maximum atomic E-state index is 13.1. The number of fused-ring (bicyclic) bond motifs is 1. The second kappa shape index (κ2) is 8.53. The van der Waals surface area contributed by atoms with Gasteiger partial charge in [0, 0.05) is 61.3 Å². The minimum Gasteiger partial charge on any atom is -0.350 e. The maximum absolute atomic E-state index is 13.1. The Bertz CT molecular complexity index is 1050. The zero-order chi connectivity index (χ0) is 21.3. The first-order chi connectivity index (χ1) is 14.4. The number of carbonyl (C=O) groups excluding carboxylic acids is 1. The monoisotopic (exact) mass is 430 g/mol. The average Bonchev–Trinajstić information content (AvgIpc) is 3.37. The van der Waals surface area contributed by atoms with E-state index in [2.05, 4.69) is 34.4 Å². The number of rotatable bonds is 6. The van der Waals surface area contributed by atoms with E-state index in [4.69, 9.17) is 0 Å². The Hall–Kier alpha value is -2.16. The number of nitrogens with one attached hydrogen (secondary N) is 2. The van der Waals surface area contributed by atoms with Gasteiger partial charge in [0.25, 0.3) is 5.91 Å². The smallest absolute Gasteiger partial charge is 0.253 e. The summed E-state index contributed by atoms with van der Waals surface area (Å²) in [6.07, 6.45) is 5.33. The van der Waals surface area contributed by atoms with Crippen LogP contribution in [0.2, 0.25) is 0 Å². The quantitative estimate of drug-likeness (QED) is 0.736. The van der Waals surface area contributed by atoms with Crippen LogP contribution in [0, 0.1) is 5.92 Å². The largest absolute Gasteiger partial charge is 0.350 e. The van der Waals surface area contributed by atoms with E-state index in [0.717, 1.165) is 35.8 Å². The summed E-state index contributed by atoms with van der Waals surface area (Å²) in [7, 11) is -1.38. The highest BCUT2D eigenvalue weighted by Crippen LogP contribution is 2.32. The number of likely N-dealkylation sites (tertiary alicyclic amines) is 1. The molecule has 1 amide bonds. The van der Waals surface area contributed by atoms with Crippen LogP contribution >= 0.6 is 0 Å². The Kier molecular flexibility index (Phi) is 5.99. The van der Waals surface area contributed by atoms with Gasteiger partial charge in [0.2, 0.25) is 10.0 Å². The summed E-state index contributed by atoms with van der Waals surface area (Å²) in [4.78, 5) is 15.0. The molecule has 1 aromatic heterocycles. The van der Waals surface area contributed by atoms with Crippen LogP contribution < -0.4 is 10.0 Å². The molecule has 0 aliphatic carbocycles. The first kappa shape index (κ1) is 21.1. The fraction of sp³-hybridized carbons (Fsp3) is 0.500.